The second-order valence-electron chi connectivity index (χ2n) is 8.63. The van der Waals surface area contributed by atoms with Crippen molar-refractivity contribution in [2.75, 3.05) is 31.5 Å². The molecule has 1 fully saturated rings. The highest BCUT2D eigenvalue weighted by atomic mass is 16.3. The van der Waals surface area contributed by atoms with Gasteiger partial charge in [-0.3, -0.25) is 4.79 Å². The van der Waals surface area contributed by atoms with Gasteiger partial charge in [-0.1, -0.05) is 13.3 Å². The monoisotopic (exact) mass is 451 g/mol. The van der Waals surface area contributed by atoms with Gasteiger partial charge in [0.25, 0.3) is 0 Å². The van der Waals surface area contributed by atoms with Crippen molar-refractivity contribution < 1.29 is 9.21 Å². The number of hydrazine groups is 1. The number of piperidine rings is 1. The standard InChI is InChI=1S/C24H33N7O2/c1-5-11-30(29-12-7-6-8-13-29)16-23(32)25-21-15-22(31-18(3)14-17(2)28-31)27-24(26-21)20-10-9-19(4)33-20/h9-10,14-15H,5-8,11-13,16H2,1-4H3,(H,25,26,27,32). The fourth-order valence-electron chi connectivity index (χ4n) is 4.22. The van der Waals surface area contributed by atoms with E-state index >= 15 is 0 Å². The number of carbonyl (C=O) groups excluding carboxylic acids is 1. The van der Waals surface area contributed by atoms with Crippen LogP contribution in [0, 0.1) is 20.8 Å². The molecule has 4 heterocycles. The molecule has 9 nitrogen and oxygen atoms in total. The zero-order valence-corrected chi connectivity index (χ0v) is 20.0. The summed E-state index contributed by atoms with van der Waals surface area (Å²) in [6, 6.07) is 7.44. The van der Waals surface area contributed by atoms with Gasteiger partial charge in [0.15, 0.2) is 17.4 Å². The lowest BCUT2D eigenvalue weighted by Gasteiger charge is -2.36. The van der Waals surface area contributed by atoms with Gasteiger partial charge in [-0.25, -0.2) is 24.7 Å². The Kier molecular flexibility index (Phi) is 7.20. The first-order chi connectivity index (χ1) is 15.9. The lowest BCUT2D eigenvalue weighted by Crippen LogP contribution is -2.49. The Labute approximate surface area is 194 Å². The minimum Gasteiger partial charge on any atom is -0.458 e. The van der Waals surface area contributed by atoms with Crippen LogP contribution in [0.1, 0.15) is 49.8 Å². The van der Waals surface area contributed by atoms with Crippen molar-refractivity contribution in [3.63, 3.8) is 0 Å². The van der Waals surface area contributed by atoms with Crippen LogP contribution in [0.25, 0.3) is 17.4 Å². The number of amides is 1. The maximum Gasteiger partial charge on any atom is 0.241 e. The van der Waals surface area contributed by atoms with Gasteiger partial charge in [-0.05, 0) is 58.2 Å². The number of furan rings is 1. The smallest absolute Gasteiger partial charge is 0.241 e. The minimum absolute atomic E-state index is 0.103. The molecular weight excluding hydrogens is 418 g/mol. The van der Waals surface area contributed by atoms with E-state index in [9.17, 15) is 4.79 Å². The predicted molar refractivity (Wildman–Crippen MR) is 127 cm³/mol. The molecular formula is C24H33N7O2. The first kappa shape index (κ1) is 23.1. The molecule has 0 aromatic carbocycles. The van der Waals surface area contributed by atoms with E-state index in [2.05, 4.69) is 37.3 Å². The van der Waals surface area contributed by atoms with Crippen molar-refractivity contribution in [1.29, 1.82) is 0 Å². The highest BCUT2D eigenvalue weighted by molar-refractivity contribution is 5.91. The summed E-state index contributed by atoms with van der Waals surface area (Å²) in [5.41, 5.74) is 1.84. The van der Waals surface area contributed by atoms with Crippen molar-refractivity contribution in [3.05, 3.63) is 41.4 Å². The number of rotatable bonds is 8. The van der Waals surface area contributed by atoms with Crippen LogP contribution in [0.15, 0.2) is 28.7 Å². The molecule has 1 N–H and O–H groups in total. The number of hydrogen-bond acceptors (Lipinski definition) is 7. The minimum atomic E-state index is -0.103. The zero-order chi connectivity index (χ0) is 23.4. The van der Waals surface area contributed by atoms with Crippen LogP contribution < -0.4 is 5.32 Å². The fraction of sp³-hybridized carbons (Fsp3) is 0.500. The third-order valence-electron chi connectivity index (χ3n) is 5.71. The number of aryl methyl sites for hydroxylation is 3. The van der Waals surface area contributed by atoms with Crippen LogP contribution in [0.4, 0.5) is 5.82 Å². The predicted octanol–water partition coefficient (Wildman–Crippen LogP) is 3.90. The molecule has 0 saturated carbocycles. The topological polar surface area (TPSA) is 92.3 Å². The average molecular weight is 452 g/mol. The molecule has 0 spiro atoms. The van der Waals surface area contributed by atoms with E-state index in [1.54, 1.807) is 10.7 Å². The summed E-state index contributed by atoms with van der Waals surface area (Å²) in [6.07, 6.45) is 4.59. The fourth-order valence-corrected chi connectivity index (χ4v) is 4.22. The average Bonchev–Trinajstić information content (AvgIpc) is 3.38. The van der Waals surface area contributed by atoms with Gasteiger partial charge in [-0.15, -0.1) is 0 Å². The zero-order valence-electron chi connectivity index (χ0n) is 20.0. The molecule has 0 aliphatic carbocycles. The Morgan fingerprint density at radius 1 is 1.12 bits per heavy atom. The van der Waals surface area contributed by atoms with Crippen LogP contribution in [-0.4, -0.2) is 61.9 Å². The summed E-state index contributed by atoms with van der Waals surface area (Å²) in [7, 11) is 0. The van der Waals surface area contributed by atoms with Crippen molar-refractivity contribution in [2.45, 2.75) is 53.4 Å². The summed E-state index contributed by atoms with van der Waals surface area (Å²) in [5, 5.41) is 12.0. The van der Waals surface area contributed by atoms with Crippen molar-refractivity contribution >= 4 is 11.7 Å². The van der Waals surface area contributed by atoms with Crippen LogP contribution in [-0.2, 0) is 4.79 Å². The number of nitrogens with one attached hydrogen (secondary N) is 1. The van der Waals surface area contributed by atoms with E-state index in [1.807, 2.05) is 39.0 Å². The molecule has 1 amide bonds. The van der Waals surface area contributed by atoms with E-state index in [0.29, 0.717) is 29.8 Å². The van der Waals surface area contributed by atoms with Gasteiger partial charge in [0.2, 0.25) is 5.91 Å². The molecule has 0 atom stereocenters. The summed E-state index contributed by atoms with van der Waals surface area (Å²) in [5.74, 6) is 2.63. The van der Waals surface area contributed by atoms with Crippen LogP contribution in [0.2, 0.25) is 0 Å². The van der Waals surface area contributed by atoms with E-state index < -0.39 is 0 Å². The molecule has 4 rings (SSSR count). The third kappa shape index (κ3) is 5.66. The van der Waals surface area contributed by atoms with Gasteiger partial charge in [0.1, 0.15) is 11.6 Å². The van der Waals surface area contributed by atoms with E-state index in [4.69, 9.17) is 4.42 Å². The van der Waals surface area contributed by atoms with Crippen molar-refractivity contribution in [1.82, 2.24) is 29.8 Å². The highest BCUT2D eigenvalue weighted by Crippen LogP contribution is 2.23. The number of anilines is 1. The molecule has 0 bridgehead atoms. The quantitative estimate of drug-likeness (QED) is 0.555. The molecule has 176 valence electrons. The van der Waals surface area contributed by atoms with Gasteiger partial charge >= 0.3 is 0 Å². The Hall–Kier alpha value is -3.04. The number of carbonyl (C=O) groups is 1. The second kappa shape index (κ2) is 10.3. The van der Waals surface area contributed by atoms with E-state index in [1.165, 1.54) is 19.3 Å². The van der Waals surface area contributed by atoms with Gasteiger partial charge in [0.05, 0.1) is 12.2 Å². The normalized spacial score (nSPS) is 14.7. The number of aromatic nitrogens is 4. The molecule has 1 saturated heterocycles. The van der Waals surface area contributed by atoms with Crippen LogP contribution in [0.5, 0.6) is 0 Å². The first-order valence-electron chi connectivity index (χ1n) is 11.7. The molecule has 3 aromatic heterocycles. The van der Waals surface area contributed by atoms with E-state index in [-0.39, 0.29) is 5.91 Å². The Balaban J connectivity index is 1.59. The lowest BCUT2D eigenvalue weighted by atomic mass is 10.2. The van der Waals surface area contributed by atoms with Crippen LogP contribution >= 0.6 is 0 Å². The number of hydrogen-bond donors (Lipinski definition) is 1. The van der Waals surface area contributed by atoms with Gasteiger partial charge in [0, 0.05) is 31.4 Å². The maximum absolute atomic E-state index is 13.0. The molecule has 1 aliphatic heterocycles. The second-order valence-corrected chi connectivity index (χ2v) is 8.63. The van der Waals surface area contributed by atoms with Crippen LogP contribution in [0.3, 0.4) is 0 Å². The molecule has 1 aliphatic rings. The lowest BCUT2D eigenvalue weighted by molar-refractivity contribution is -0.124. The summed E-state index contributed by atoms with van der Waals surface area (Å²) >= 11 is 0. The van der Waals surface area contributed by atoms with Crippen molar-refractivity contribution in [2.24, 2.45) is 0 Å². The van der Waals surface area contributed by atoms with Gasteiger partial charge < -0.3 is 9.73 Å². The summed E-state index contributed by atoms with van der Waals surface area (Å²) in [6.45, 7) is 11.1. The Morgan fingerprint density at radius 2 is 1.91 bits per heavy atom. The number of nitrogens with zero attached hydrogens (tertiary/aromatic N) is 6. The molecule has 0 radical (unpaired) electrons. The van der Waals surface area contributed by atoms with E-state index in [0.717, 1.165) is 43.2 Å². The first-order valence-corrected chi connectivity index (χ1v) is 11.7. The Bertz CT molecular complexity index is 1100. The molecule has 9 heteroatoms. The SMILES string of the molecule is CCCN(CC(=O)Nc1cc(-n2nc(C)cc2C)nc(-c2ccc(C)o2)n1)N1CCCCC1. The summed E-state index contributed by atoms with van der Waals surface area (Å²) in [4.78, 5) is 22.3. The van der Waals surface area contributed by atoms with Crippen molar-refractivity contribution in [3.8, 4) is 17.4 Å². The largest absolute Gasteiger partial charge is 0.458 e. The Morgan fingerprint density at radius 3 is 2.55 bits per heavy atom. The third-order valence-corrected chi connectivity index (χ3v) is 5.71. The maximum atomic E-state index is 13.0. The highest BCUT2D eigenvalue weighted by Gasteiger charge is 2.21. The summed E-state index contributed by atoms with van der Waals surface area (Å²) < 4.78 is 7.50. The molecule has 0 unspecified atom stereocenters. The molecule has 33 heavy (non-hydrogen) atoms. The molecule has 3 aromatic rings. The van der Waals surface area contributed by atoms with Gasteiger partial charge in [-0.2, -0.15) is 5.10 Å².